The molecule has 1 aliphatic heterocycles. The highest BCUT2D eigenvalue weighted by molar-refractivity contribution is 7.89. The van der Waals surface area contributed by atoms with Gasteiger partial charge in [-0.3, -0.25) is 9.13 Å². The summed E-state index contributed by atoms with van der Waals surface area (Å²) < 4.78 is 31.2. The molecule has 7 nitrogen and oxygen atoms in total. The summed E-state index contributed by atoms with van der Waals surface area (Å²) in [5.41, 5.74) is 3.40. The van der Waals surface area contributed by atoms with Gasteiger partial charge in [0.05, 0.1) is 10.4 Å². The normalized spacial score (nSPS) is 16.4. The van der Waals surface area contributed by atoms with Crippen molar-refractivity contribution in [2.45, 2.75) is 51.6 Å². The van der Waals surface area contributed by atoms with E-state index in [1.165, 1.54) is 0 Å². The number of pyridine rings is 1. The van der Waals surface area contributed by atoms with Gasteiger partial charge in [0.25, 0.3) is 0 Å². The highest BCUT2D eigenvalue weighted by Gasteiger charge is 2.30. The fourth-order valence-electron chi connectivity index (χ4n) is 4.44. The number of sulfonamides is 1. The van der Waals surface area contributed by atoms with Crippen molar-refractivity contribution < 1.29 is 8.42 Å². The van der Waals surface area contributed by atoms with E-state index in [1.54, 1.807) is 31.8 Å². The topological polar surface area (TPSA) is 77.2 Å². The van der Waals surface area contributed by atoms with Gasteiger partial charge in [0.1, 0.15) is 0 Å². The molecule has 0 bridgehead atoms. The molecule has 0 atom stereocenters. The van der Waals surface area contributed by atoms with Gasteiger partial charge in [0, 0.05) is 32.4 Å². The lowest BCUT2D eigenvalue weighted by Gasteiger charge is -2.31. The third-order valence-electron chi connectivity index (χ3n) is 5.94. The Morgan fingerprint density at radius 3 is 2.37 bits per heavy atom. The van der Waals surface area contributed by atoms with Gasteiger partial charge in [0.2, 0.25) is 10.0 Å². The number of imidazole rings is 1. The molecule has 1 aromatic carbocycles. The minimum Gasteiger partial charge on any atom is -0.291 e. The SMILES string of the molecule is CCn1c(=O)n(CC2CCN(S(=O)(=O)c3cc(C)cc(C)c3)CC2)c2ncccc21. The van der Waals surface area contributed by atoms with E-state index in [4.69, 9.17) is 0 Å². The maximum Gasteiger partial charge on any atom is 0.330 e. The largest absolute Gasteiger partial charge is 0.330 e. The first-order valence-corrected chi connectivity index (χ1v) is 11.9. The second-order valence-electron chi connectivity index (χ2n) is 8.15. The number of piperidine rings is 1. The minimum atomic E-state index is -3.50. The Balaban J connectivity index is 1.51. The molecule has 0 radical (unpaired) electrons. The van der Waals surface area contributed by atoms with Crippen molar-refractivity contribution in [1.82, 2.24) is 18.4 Å². The van der Waals surface area contributed by atoms with Crippen molar-refractivity contribution in [3.05, 3.63) is 58.1 Å². The van der Waals surface area contributed by atoms with Crippen LogP contribution in [0.1, 0.15) is 30.9 Å². The second kappa shape index (κ2) is 8.00. The Bertz CT molecular complexity index is 1210. The van der Waals surface area contributed by atoms with E-state index in [2.05, 4.69) is 4.98 Å². The van der Waals surface area contributed by atoms with Crippen LogP contribution in [0.3, 0.4) is 0 Å². The summed E-state index contributed by atoms with van der Waals surface area (Å²) in [5.74, 6) is 0.242. The zero-order chi connectivity index (χ0) is 21.5. The number of rotatable bonds is 5. The molecule has 3 heterocycles. The summed E-state index contributed by atoms with van der Waals surface area (Å²) >= 11 is 0. The zero-order valence-electron chi connectivity index (χ0n) is 17.7. The first-order valence-electron chi connectivity index (χ1n) is 10.4. The van der Waals surface area contributed by atoms with Crippen molar-refractivity contribution in [1.29, 1.82) is 0 Å². The Kier molecular flexibility index (Phi) is 5.55. The smallest absolute Gasteiger partial charge is 0.291 e. The third kappa shape index (κ3) is 3.70. The van der Waals surface area contributed by atoms with Crippen LogP contribution in [0.15, 0.2) is 46.2 Å². The van der Waals surface area contributed by atoms with Crippen LogP contribution < -0.4 is 5.69 Å². The van der Waals surface area contributed by atoms with Crippen molar-refractivity contribution in [2.75, 3.05) is 13.1 Å². The van der Waals surface area contributed by atoms with Gasteiger partial charge in [-0.25, -0.2) is 18.2 Å². The highest BCUT2D eigenvalue weighted by Crippen LogP contribution is 2.26. The average molecular weight is 429 g/mol. The highest BCUT2D eigenvalue weighted by atomic mass is 32.2. The summed E-state index contributed by atoms with van der Waals surface area (Å²) in [6, 6.07) is 9.21. The molecule has 3 aromatic rings. The van der Waals surface area contributed by atoms with Crippen LogP contribution in [0.2, 0.25) is 0 Å². The first kappa shape index (κ1) is 20.8. The van der Waals surface area contributed by atoms with Crippen molar-refractivity contribution in [2.24, 2.45) is 5.92 Å². The van der Waals surface area contributed by atoms with E-state index in [9.17, 15) is 13.2 Å². The van der Waals surface area contributed by atoms with Crippen LogP contribution in [-0.4, -0.2) is 39.9 Å². The quantitative estimate of drug-likeness (QED) is 0.626. The van der Waals surface area contributed by atoms with E-state index in [1.807, 2.05) is 39.0 Å². The molecule has 2 aromatic heterocycles. The van der Waals surface area contributed by atoms with Gasteiger partial charge in [0.15, 0.2) is 5.65 Å². The third-order valence-corrected chi connectivity index (χ3v) is 7.81. The Hall–Kier alpha value is -2.45. The number of aromatic nitrogens is 3. The molecular formula is C22H28N4O3S. The van der Waals surface area contributed by atoms with E-state index in [-0.39, 0.29) is 11.6 Å². The predicted octanol–water partition coefficient (Wildman–Crippen LogP) is 2.94. The number of fused-ring (bicyclic) bond motifs is 1. The van der Waals surface area contributed by atoms with Crippen molar-refractivity contribution >= 4 is 21.2 Å². The Morgan fingerprint density at radius 1 is 1.07 bits per heavy atom. The lowest BCUT2D eigenvalue weighted by molar-refractivity contribution is 0.252. The molecule has 1 saturated heterocycles. The molecule has 4 rings (SSSR count). The molecule has 0 unspecified atom stereocenters. The van der Waals surface area contributed by atoms with Gasteiger partial charge in [-0.2, -0.15) is 4.31 Å². The van der Waals surface area contributed by atoms with Crippen LogP contribution in [-0.2, 0) is 23.1 Å². The lowest BCUT2D eigenvalue weighted by atomic mass is 9.98. The lowest BCUT2D eigenvalue weighted by Crippen LogP contribution is -2.40. The van der Waals surface area contributed by atoms with Crippen LogP contribution in [0.25, 0.3) is 11.2 Å². The molecule has 0 N–H and O–H groups in total. The van der Waals surface area contributed by atoms with Crippen LogP contribution in [0, 0.1) is 19.8 Å². The van der Waals surface area contributed by atoms with Gasteiger partial charge in [-0.05, 0) is 74.9 Å². The first-order chi connectivity index (χ1) is 14.3. The number of benzene rings is 1. The Labute approximate surface area is 177 Å². The molecule has 0 aliphatic carbocycles. The van der Waals surface area contributed by atoms with E-state index in [0.717, 1.165) is 29.5 Å². The van der Waals surface area contributed by atoms with E-state index < -0.39 is 10.0 Å². The molecule has 0 spiro atoms. The van der Waals surface area contributed by atoms with Gasteiger partial charge in [-0.15, -0.1) is 0 Å². The van der Waals surface area contributed by atoms with Crippen LogP contribution >= 0.6 is 0 Å². The summed E-state index contributed by atoms with van der Waals surface area (Å²) in [6.45, 7) is 7.88. The summed E-state index contributed by atoms with van der Waals surface area (Å²) in [5, 5.41) is 0. The van der Waals surface area contributed by atoms with Crippen LogP contribution in [0.4, 0.5) is 0 Å². The number of aryl methyl sites for hydroxylation is 3. The molecule has 1 aliphatic rings. The molecule has 8 heteroatoms. The summed E-state index contributed by atoms with van der Waals surface area (Å²) in [6.07, 6.45) is 3.15. The zero-order valence-corrected chi connectivity index (χ0v) is 18.5. The summed E-state index contributed by atoms with van der Waals surface area (Å²) in [7, 11) is -3.50. The minimum absolute atomic E-state index is 0.0449. The monoisotopic (exact) mass is 428 g/mol. The van der Waals surface area contributed by atoms with Crippen molar-refractivity contribution in [3.8, 4) is 0 Å². The average Bonchev–Trinajstić information content (AvgIpc) is 2.99. The number of nitrogens with zero attached hydrogens (tertiary/aromatic N) is 4. The molecule has 30 heavy (non-hydrogen) atoms. The fourth-order valence-corrected chi connectivity index (χ4v) is 6.10. The van der Waals surface area contributed by atoms with Gasteiger partial charge < -0.3 is 0 Å². The second-order valence-corrected chi connectivity index (χ2v) is 10.1. The van der Waals surface area contributed by atoms with Gasteiger partial charge >= 0.3 is 5.69 Å². The number of hydrogen-bond donors (Lipinski definition) is 0. The fraction of sp³-hybridized carbons (Fsp3) is 0.455. The summed E-state index contributed by atoms with van der Waals surface area (Å²) in [4.78, 5) is 17.6. The van der Waals surface area contributed by atoms with Crippen LogP contribution in [0.5, 0.6) is 0 Å². The maximum absolute atomic E-state index is 13.1. The molecule has 0 amide bonds. The molecule has 160 valence electrons. The predicted molar refractivity (Wildman–Crippen MR) is 117 cm³/mol. The maximum atomic E-state index is 13.1. The van der Waals surface area contributed by atoms with E-state index >= 15 is 0 Å². The van der Waals surface area contributed by atoms with Crippen molar-refractivity contribution in [3.63, 3.8) is 0 Å². The Morgan fingerprint density at radius 2 is 1.73 bits per heavy atom. The van der Waals surface area contributed by atoms with E-state index in [0.29, 0.717) is 36.7 Å². The molecule has 1 fully saturated rings. The molecule has 0 saturated carbocycles. The number of hydrogen-bond acceptors (Lipinski definition) is 4. The van der Waals surface area contributed by atoms with Gasteiger partial charge in [-0.1, -0.05) is 6.07 Å². The standard InChI is InChI=1S/C22H28N4O3S/c1-4-25-20-6-5-9-23-21(20)26(22(25)27)15-18-7-10-24(11-8-18)30(28,29)19-13-16(2)12-17(3)14-19/h5-6,9,12-14,18H,4,7-8,10-11,15H2,1-3H3. The molecular weight excluding hydrogens is 400 g/mol.